The Morgan fingerprint density at radius 1 is 1.56 bits per heavy atom. The average molecular weight is 266 g/mol. The molecule has 1 unspecified atom stereocenters. The third-order valence-corrected chi connectivity index (χ3v) is 3.58. The number of thiazole rings is 1. The summed E-state index contributed by atoms with van der Waals surface area (Å²) in [5.41, 5.74) is 2.02. The van der Waals surface area contributed by atoms with Crippen LogP contribution in [0.4, 0.5) is 0 Å². The van der Waals surface area contributed by atoms with Crippen LogP contribution in [0, 0.1) is 6.92 Å². The first-order valence-electron chi connectivity index (χ1n) is 5.88. The molecule has 0 radical (unpaired) electrons. The molecule has 0 aliphatic carbocycles. The van der Waals surface area contributed by atoms with Crippen molar-refractivity contribution in [2.75, 3.05) is 13.7 Å². The summed E-state index contributed by atoms with van der Waals surface area (Å²) >= 11 is 1.65. The Hall–Kier alpha value is -1.40. The van der Waals surface area contributed by atoms with Gasteiger partial charge in [-0.15, -0.1) is 11.3 Å². The van der Waals surface area contributed by atoms with Crippen LogP contribution in [0.5, 0.6) is 5.75 Å². The standard InChI is InChI=1S/C12H18N4OS/c1-5-13-11(9-7-18-8(2)15-9)12-10(17-4)6-14-16(12)3/h6-7,11,13H,5H2,1-4H3. The van der Waals surface area contributed by atoms with Gasteiger partial charge in [0.1, 0.15) is 5.69 Å². The number of nitrogens with one attached hydrogen (secondary N) is 1. The van der Waals surface area contributed by atoms with Crippen LogP contribution in [0.3, 0.4) is 0 Å². The van der Waals surface area contributed by atoms with Crippen LogP contribution in [0.25, 0.3) is 0 Å². The van der Waals surface area contributed by atoms with E-state index in [2.05, 4.69) is 27.7 Å². The molecule has 5 nitrogen and oxygen atoms in total. The summed E-state index contributed by atoms with van der Waals surface area (Å²) in [7, 11) is 3.58. The second kappa shape index (κ2) is 5.49. The van der Waals surface area contributed by atoms with Crippen molar-refractivity contribution in [3.05, 3.63) is 28.0 Å². The predicted molar refractivity (Wildman–Crippen MR) is 72.1 cm³/mol. The van der Waals surface area contributed by atoms with Crippen LogP contribution >= 0.6 is 11.3 Å². The van der Waals surface area contributed by atoms with Crippen molar-refractivity contribution >= 4 is 11.3 Å². The molecule has 1 atom stereocenters. The monoisotopic (exact) mass is 266 g/mol. The van der Waals surface area contributed by atoms with Gasteiger partial charge in [0, 0.05) is 12.4 Å². The van der Waals surface area contributed by atoms with Gasteiger partial charge in [-0.1, -0.05) is 6.92 Å². The number of methoxy groups -OCH3 is 1. The van der Waals surface area contributed by atoms with E-state index in [4.69, 9.17) is 4.74 Å². The van der Waals surface area contributed by atoms with E-state index < -0.39 is 0 Å². The van der Waals surface area contributed by atoms with Crippen molar-refractivity contribution in [2.24, 2.45) is 7.05 Å². The summed E-state index contributed by atoms with van der Waals surface area (Å²) < 4.78 is 7.21. The molecule has 0 spiro atoms. The zero-order valence-corrected chi connectivity index (χ0v) is 11.9. The Kier molecular flexibility index (Phi) is 3.98. The molecule has 0 saturated heterocycles. The van der Waals surface area contributed by atoms with Gasteiger partial charge in [0.25, 0.3) is 0 Å². The first-order valence-corrected chi connectivity index (χ1v) is 6.76. The van der Waals surface area contributed by atoms with Crippen molar-refractivity contribution in [3.8, 4) is 5.75 Å². The predicted octanol–water partition coefficient (Wildman–Crippen LogP) is 1.89. The van der Waals surface area contributed by atoms with E-state index in [0.717, 1.165) is 28.7 Å². The number of rotatable bonds is 5. The minimum absolute atomic E-state index is 0.0161. The van der Waals surface area contributed by atoms with Crippen molar-refractivity contribution in [3.63, 3.8) is 0 Å². The molecule has 2 heterocycles. The maximum absolute atomic E-state index is 5.37. The zero-order chi connectivity index (χ0) is 13.1. The Morgan fingerprint density at radius 2 is 2.33 bits per heavy atom. The van der Waals surface area contributed by atoms with Gasteiger partial charge in [-0.25, -0.2) is 4.98 Å². The van der Waals surface area contributed by atoms with E-state index in [1.807, 2.05) is 18.7 Å². The highest BCUT2D eigenvalue weighted by atomic mass is 32.1. The summed E-state index contributed by atoms with van der Waals surface area (Å²) in [5.74, 6) is 0.786. The zero-order valence-electron chi connectivity index (χ0n) is 11.1. The normalized spacial score (nSPS) is 12.7. The third kappa shape index (κ3) is 2.39. The molecule has 0 amide bonds. The summed E-state index contributed by atoms with van der Waals surface area (Å²) in [6.45, 7) is 4.95. The molecule has 0 fully saturated rings. The first-order chi connectivity index (χ1) is 8.67. The largest absolute Gasteiger partial charge is 0.493 e. The fourth-order valence-electron chi connectivity index (χ4n) is 1.97. The second-order valence-electron chi connectivity index (χ2n) is 4.00. The van der Waals surface area contributed by atoms with Gasteiger partial charge >= 0.3 is 0 Å². The Labute approximate surface area is 111 Å². The lowest BCUT2D eigenvalue weighted by molar-refractivity contribution is 0.400. The van der Waals surface area contributed by atoms with Gasteiger partial charge in [-0.3, -0.25) is 4.68 Å². The maximum Gasteiger partial charge on any atom is 0.161 e. The average Bonchev–Trinajstić information content (AvgIpc) is 2.93. The van der Waals surface area contributed by atoms with E-state index in [1.54, 1.807) is 24.6 Å². The topological polar surface area (TPSA) is 52.0 Å². The number of hydrogen-bond donors (Lipinski definition) is 1. The molecule has 2 aromatic heterocycles. The quantitative estimate of drug-likeness (QED) is 0.898. The molecule has 0 aliphatic heterocycles. The van der Waals surface area contributed by atoms with Gasteiger partial charge in [0.2, 0.25) is 0 Å². The highest BCUT2D eigenvalue weighted by Crippen LogP contribution is 2.29. The maximum atomic E-state index is 5.37. The van der Waals surface area contributed by atoms with Gasteiger partial charge in [0.05, 0.1) is 30.1 Å². The number of aryl methyl sites for hydroxylation is 2. The van der Waals surface area contributed by atoms with Gasteiger partial charge in [0.15, 0.2) is 5.75 Å². The molecule has 2 rings (SSSR count). The lowest BCUT2D eigenvalue weighted by atomic mass is 10.1. The number of ether oxygens (including phenoxy) is 1. The molecule has 98 valence electrons. The van der Waals surface area contributed by atoms with Gasteiger partial charge < -0.3 is 10.1 Å². The fraction of sp³-hybridized carbons (Fsp3) is 0.500. The van der Waals surface area contributed by atoms with Crippen LogP contribution in [0.1, 0.15) is 29.4 Å². The highest BCUT2D eigenvalue weighted by Gasteiger charge is 2.23. The fourth-order valence-corrected chi connectivity index (χ4v) is 2.61. The Balaban J connectivity index is 2.43. The van der Waals surface area contributed by atoms with E-state index in [-0.39, 0.29) is 6.04 Å². The van der Waals surface area contributed by atoms with E-state index in [9.17, 15) is 0 Å². The molecule has 18 heavy (non-hydrogen) atoms. The SMILES string of the molecule is CCNC(c1csc(C)n1)c1c(OC)cnn1C. The number of nitrogens with zero attached hydrogens (tertiary/aromatic N) is 3. The molecular formula is C12H18N4OS. The summed E-state index contributed by atoms with van der Waals surface area (Å²) in [6, 6.07) is 0.0161. The highest BCUT2D eigenvalue weighted by molar-refractivity contribution is 7.09. The molecule has 0 aliphatic rings. The molecular weight excluding hydrogens is 248 g/mol. The van der Waals surface area contributed by atoms with E-state index in [1.165, 1.54) is 0 Å². The minimum Gasteiger partial charge on any atom is -0.493 e. The number of hydrogen-bond acceptors (Lipinski definition) is 5. The second-order valence-corrected chi connectivity index (χ2v) is 5.07. The van der Waals surface area contributed by atoms with Crippen LogP contribution in [0.15, 0.2) is 11.6 Å². The lowest BCUT2D eigenvalue weighted by Gasteiger charge is -2.17. The smallest absolute Gasteiger partial charge is 0.161 e. The van der Waals surface area contributed by atoms with Crippen molar-refractivity contribution in [1.82, 2.24) is 20.1 Å². The van der Waals surface area contributed by atoms with Crippen LogP contribution in [0.2, 0.25) is 0 Å². The van der Waals surface area contributed by atoms with E-state index in [0.29, 0.717) is 0 Å². The van der Waals surface area contributed by atoms with Gasteiger partial charge in [-0.05, 0) is 13.5 Å². The van der Waals surface area contributed by atoms with E-state index >= 15 is 0 Å². The summed E-state index contributed by atoms with van der Waals surface area (Å²) in [4.78, 5) is 4.56. The Morgan fingerprint density at radius 3 is 2.89 bits per heavy atom. The van der Waals surface area contributed by atoms with Crippen molar-refractivity contribution in [1.29, 1.82) is 0 Å². The lowest BCUT2D eigenvalue weighted by Crippen LogP contribution is -2.25. The van der Waals surface area contributed by atoms with Crippen molar-refractivity contribution < 1.29 is 4.74 Å². The molecule has 1 N–H and O–H groups in total. The molecule has 0 bridgehead atoms. The van der Waals surface area contributed by atoms with Gasteiger partial charge in [-0.2, -0.15) is 5.10 Å². The van der Waals surface area contributed by atoms with Crippen LogP contribution in [-0.2, 0) is 7.05 Å². The van der Waals surface area contributed by atoms with Crippen molar-refractivity contribution in [2.45, 2.75) is 19.9 Å². The van der Waals surface area contributed by atoms with Crippen LogP contribution < -0.4 is 10.1 Å². The summed E-state index contributed by atoms with van der Waals surface area (Å²) in [6.07, 6.45) is 1.74. The minimum atomic E-state index is 0.0161. The summed E-state index contributed by atoms with van der Waals surface area (Å²) in [5, 5.41) is 10.8. The Bertz CT molecular complexity index is 520. The number of aromatic nitrogens is 3. The van der Waals surface area contributed by atoms with Crippen LogP contribution in [-0.4, -0.2) is 28.4 Å². The third-order valence-electron chi connectivity index (χ3n) is 2.78. The molecule has 2 aromatic rings. The molecule has 0 aromatic carbocycles. The first kappa shape index (κ1) is 13.0. The molecule has 6 heteroatoms. The molecule has 0 saturated carbocycles.